The third-order valence-electron chi connectivity index (χ3n) is 3.30. The topological polar surface area (TPSA) is 52.0 Å². The van der Waals surface area contributed by atoms with Gasteiger partial charge in [-0.2, -0.15) is 0 Å². The first-order chi connectivity index (χ1) is 8.77. The normalized spacial score (nSPS) is 20.5. The summed E-state index contributed by atoms with van der Waals surface area (Å²) >= 11 is 0. The smallest absolute Gasteiger partial charge is 0.137 e. The molecule has 1 saturated heterocycles. The molecule has 1 fully saturated rings. The van der Waals surface area contributed by atoms with E-state index in [-0.39, 0.29) is 0 Å². The molecule has 5 nitrogen and oxygen atoms in total. The highest BCUT2D eigenvalue weighted by Gasteiger charge is 2.20. The van der Waals surface area contributed by atoms with Gasteiger partial charge in [-0.1, -0.05) is 0 Å². The summed E-state index contributed by atoms with van der Waals surface area (Å²) in [4.78, 5) is 0. The molecule has 2 heterocycles. The average molecular weight is 252 g/mol. The van der Waals surface area contributed by atoms with E-state index in [1.807, 2.05) is 6.33 Å². The van der Waals surface area contributed by atoms with Crippen LogP contribution >= 0.6 is 0 Å². The first-order valence-electron chi connectivity index (χ1n) is 6.97. The standard InChI is InChI=1S/C13H24N4O/c1-11(2)18-8-4-7-17-10-15-16-13(17)12-5-3-6-14-9-12/h10-12,14H,3-9H2,1-2H3. The van der Waals surface area contributed by atoms with E-state index in [4.69, 9.17) is 4.74 Å². The second-order valence-corrected chi connectivity index (χ2v) is 5.20. The van der Waals surface area contributed by atoms with Gasteiger partial charge in [0.25, 0.3) is 0 Å². The molecule has 1 N–H and O–H groups in total. The molecule has 1 aliphatic heterocycles. The van der Waals surface area contributed by atoms with Crippen molar-refractivity contribution in [2.24, 2.45) is 0 Å². The molecular weight excluding hydrogens is 228 g/mol. The van der Waals surface area contributed by atoms with Crippen molar-refractivity contribution in [1.29, 1.82) is 0 Å². The number of nitrogens with zero attached hydrogens (tertiary/aromatic N) is 3. The SMILES string of the molecule is CC(C)OCCCn1cnnc1C1CCCNC1. The van der Waals surface area contributed by atoms with E-state index in [1.54, 1.807) is 0 Å². The molecule has 1 aliphatic rings. The van der Waals surface area contributed by atoms with Crippen LogP contribution in [0, 0.1) is 0 Å². The van der Waals surface area contributed by atoms with E-state index in [0.29, 0.717) is 12.0 Å². The molecular formula is C13H24N4O. The van der Waals surface area contributed by atoms with Gasteiger partial charge in [-0.25, -0.2) is 0 Å². The maximum atomic E-state index is 5.56. The van der Waals surface area contributed by atoms with Crippen LogP contribution in [-0.4, -0.2) is 40.6 Å². The van der Waals surface area contributed by atoms with Crippen LogP contribution in [0.4, 0.5) is 0 Å². The van der Waals surface area contributed by atoms with E-state index in [2.05, 4.69) is 33.9 Å². The molecule has 0 aliphatic carbocycles. The van der Waals surface area contributed by atoms with E-state index in [1.165, 1.54) is 12.8 Å². The second-order valence-electron chi connectivity index (χ2n) is 5.20. The Hall–Kier alpha value is -0.940. The van der Waals surface area contributed by atoms with E-state index in [9.17, 15) is 0 Å². The summed E-state index contributed by atoms with van der Waals surface area (Å²) in [6.07, 6.45) is 5.62. The minimum Gasteiger partial charge on any atom is -0.379 e. The molecule has 0 spiro atoms. The van der Waals surface area contributed by atoms with Crippen LogP contribution in [0.5, 0.6) is 0 Å². The van der Waals surface area contributed by atoms with Gasteiger partial charge < -0.3 is 14.6 Å². The molecule has 0 saturated carbocycles. The van der Waals surface area contributed by atoms with Crippen molar-refractivity contribution >= 4 is 0 Å². The Kier molecular flexibility index (Phi) is 5.13. The predicted octanol–water partition coefficient (Wildman–Crippen LogP) is 1.56. The number of hydrogen-bond acceptors (Lipinski definition) is 4. The molecule has 18 heavy (non-hydrogen) atoms. The van der Waals surface area contributed by atoms with E-state index < -0.39 is 0 Å². The summed E-state index contributed by atoms with van der Waals surface area (Å²) in [7, 11) is 0. The third-order valence-corrected chi connectivity index (χ3v) is 3.30. The molecule has 102 valence electrons. The third kappa shape index (κ3) is 3.78. The fraction of sp³-hybridized carbons (Fsp3) is 0.846. The lowest BCUT2D eigenvalue weighted by atomic mass is 9.99. The lowest BCUT2D eigenvalue weighted by molar-refractivity contribution is 0.0746. The van der Waals surface area contributed by atoms with Crippen LogP contribution in [0.3, 0.4) is 0 Å². The summed E-state index contributed by atoms with van der Waals surface area (Å²) in [6, 6.07) is 0. The molecule has 0 amide bonds. The summed E-state index contributed by atoms with van der Waals surface area (Å²) in [6.45, 7) is 8.05. The number of piperidine rings is 1. The van der Waals surface area contributed by atoms with Gasteiger partial charge in [-0.05, 0) is 39.7 Å². The van der Waals surface area contributed by atoms with Crippen molar-refractivity contribution < 1.29 is 4.74 Å². The van der Waals surface area contributed by atoms with Crippen LogP contribution < -0.4 is 5.32 Å². The molecule has 1 unspecified atom stereocenters. The average Bonchev–Trinajstić information content (AvgIpc) is 2.84. The van der Waals surface area contributed by atoms with Gasteiger partial charge in [0.15, 0.2) is 0 Å². The maximum absolute atomic E-state index is 5.56. The largest absolute Gasteiger partial charge is 0.379 e. The molecule has 0 bridgehead atoms. The van der Waals surface area contributed by atoms with Crippen LogP contribution in [0.2, 0.25) is 0 Å². The molecule has 0 aromatic carbocycles. The van der Waals surface area contributed by atoms with Crippen LogP contribution in [0.25, 0.3) is 0 Å². The zero-order valence-electron chi connectivity index (χ0n) is 11.4. The Labute approximate surface area is 109 Å². The Bertz CT molecular complexity index is 345. The van der Waals surface area contributed by atoms with Crippen molar-refractivity contribution in [2.75, 3.05) is 19.7 Å². The summed E-state index contributed by atoms with van der Waals surface area (Å²) in [5, 5.41) is 11.8. The zero-order valence-corrected chi connectivity index (χ0v) is 11.4. The highest BCUT2D eigenvalue weighted by molar-refractivity contribution is 4.99. The number of rotatable bonds is 6. The number of hydrogen-bond donors (Lipinski definition) is 1. The highest BCUT2D eigenvalue weighted by atomic mass is 16.5. The monoisotopic (exact) mass is 252 g/mol. The molecule has 5 heteroatoms. The first kappa shape index (κ1) is 13.5. The lowest BCUT2D eigenvalue weighted by Gasteiger charge is -2.22. The first-order valence-corrected chi connectivity index (χ1v) is 6.97. The van der Waals surface area contributed by atoms with Gasteiger partial charge in [0.2, 0.25) is 0 Å². The van der Waals surface area contributed by atoms with Crippen molar-refractivity contribution in [3.8, 4) is 0 Å². The van der Waals surface area contributed by atoms with Crippen molar-refractivity contribution in [3.05, 3.63) is 12.2 Å². The lowest BCUT2D eigenvalue weighted by Crippen LogP contribution is -2.30. The van der Waals surface area contributed by atoms with Gasteiger partial charge in [-0.15, -0.1) is 10.2 Å². The number of aromatic nitrogens is 3. The summed E-state index contributed by atoms with van der Waals surface area (Å²) in [5.74, 6) is 1.65. The predicted molar refractivity (Wildman–Crippen MR) is 70.6 cm³/mol. The van der Waals surface area contributed by atoms with Crippen LogP contribution in [0.15, 0.2) is 6.33 Å². The summed E-state index contributed by atoms with van der Waals surface area (Å²) in [5.41, 5.74) is 0. The van der Waals surface area contributed by atoms with Crippen molar-refractivity contribution in [3.63, 3.8) is 0 Å². The van der Waals surface area contributed by atoms with E-state index in [0.717, 1.165) is 38.5 Å². The maximum Gasteiger partial charge on any atom is 0.137 e. The van der Waals surface area contributed by atoms with Crippen LogP contribution in [-0.2, 0) is 11.3 Å². The number of ether oxygens (including phenoxy) is 1. The Morgan fingerprint density at radius 2 is 2.44 bits per heavy atom. The van der Waals surface area contributed by atoms with Crippen LogP contribution in [0.1, 0.15) is 44.9 Å². The summed E-state index contributed by atoms with van der Waals surface area (Å²) < 4.78 is 7.74. The van der Waals surface area contributed by atoms with Gasteiger partial charge in [0.05, 0.1) is 6.10 Å². The Morgan fingerprint density at radius 3 is 3.17 bits per heavy atom. The van der Waals surface area contributed by atoms with Gasteiger partial charge in [0.1, 0.15) is 12.2 Å². The van der Waals surface area contributed by atoms with Gasteiger partial charge in [-0.3, -0.25) is 0 Å². The van der Waals surface area contributed by atoms with E-state index >= 15 is 0 Å². The fourth-order valence-electron chi connectivity index (χ4n) is 2.38. The number of aryl methyl sites for hydroxylation is 1. The van der Waals surface area contributed by atoms with Gasteiger partial charge in [0, 0.05) is 25.6 Å². The molecule has 2 rings (SSSR count). The zero-order chi connectivity index (χ0) is 12.8. The minimum atomic E-state index is 0.313. The quantitative estimate of drug-likeness (QED) is 0.781. The highest BCUT2D eigenvalue weighted by Crippen LogP contribution is 2.21. The molecule has 0 radical (unpaired) electrons. The fourth-order valence-corrected chi connectivity index (χ4v) is 2.38. The number of nitrogens with one attached hydrogen (secondary N) is 1. The van der Waals surface area contributed by atoms with Gasteiger partial charge >= 0.3 is 0 Å². The molecule has 1 aromatic rings. The Balaban J connectivity index is 1.83. The second kappa shape index (κ2) is 6.85. The van der Waals surface area contributed by atoms with Crippen molar-refractivity contribution in [2.45, 2.75) is 51.7 Å². The molecule has 1 aromatic heterocycles. The Morgan fingerprint density at radius 1 is 1.56 bits per heavy atom. The molecule has 1 atom stereocenters. The minimum absolute atomic E-state index is 0.313. The van der Waals surface area contributed by atoms with Crippen molar-refractivity contribution in [1.82, 2.24) is 20.1 Å².